The van der Waals surface area contributed by atoms with Crippen molar-refractivity contribution in [3.63, 3.8) is 0 Å². The van der Waals surface area contributed by atoms with Gasteiger partial charge in [0.2, 0.25) is 6.79 Å². The highest BCUT2D eigenvalue weighted by atomic mass is 16.7. The number of ether oxygens (including phenoxy) is 3. The zero-order chi connectivity index (χ0) is 17.1. The van der Waals surface area contributed by atoms with Gasteiger partial charge in [-0.05, 0) is 26.0 Å². The lowest BCUT2D eigenvalue weighted by molar-refractivity contribution is -0.123. The fourth-order valence-electron chi connectivity index (χ4n) is 1.99. The van der Waals surface area contributed by atoms with Gasteiger partial charge in [-0.1, -0.05) is 0 Å². The molecule has 1 aliphatic heterocycles. The Balaban J connectivity index is 1.60. The number of carbonyl (C=O) groups excluding carboxylic acids is 2. The first-order chi connectivity index (χ1) is 11.5. The molecule has 8 heteroatoms. The van der Waals surface area contributed by atoms with Crippen LogP contribution in [0, 0.1) is 6.92 Å². The summed E-state index contributed by atoms with van der Waals surface area (Å²) in [5, 5.41) is 2.65. The fourth-order valence-corrected chi connectivity index (χ4v) is 1.99. The van der Waals surface area contributed by atoms with Crippen molar-refractivity contribution in [1.29, 1.82) is 0 Å². The van der Waals surface area contributed by atoms with E-state index in [1.807, 2.05) is 0 Å². The first-order valence-electron chi connectivity index (χ1n) is 7.23. The molecular formula is C16H15N3O5. The first-order valence-corrected chi connectivity index (χ1v) is 7.23. The molecule has 124 valence electrons. The maximum Gasteiger partial charge on any atom is 0.359 e. The van der Waals surface area contributed by atoms with Crippen LogP contribution in [0.15, 0.2) is 30.6 Å². The van der Waals surface area contributed by atoms with Crippen LogP contribution in [0.2, 0.25) is 0 Å². The fraction of sp³-hybridized carbons (Fsp3) is 0.250. The van der Waals surface area contributed by atoms with Crippen LogP contribution in [0.4, 0.5) is 5.69 Å². The van der Waals surface area contributed by atoms with Crippen LogP contribution in [0.5, 0.6) is 11.5 Å². The average molecular weight is 329 g/mol. The summed E-state index contributed by atoms with van der Waals surface area (Å²) in [6.07, 6.45) is 1.76. The summed E-state index contributed by atoms with van der Waals surface area (Å²) in [6, 6.07) is 5.00. The van der Waals surface area contributed by atoms with Crippen LogP contribution in [-0.2, 0) is 9.53 Å². The van der Waals surface area contributed by atoms with Crippen LogP contribution in [0.25, 0.3) is 0 Å². The molecule has 1 aromatic heterocycles. The molecule has 1 aliphatic rings. The van der Waals surface area contributed by atoms with Crippen molar-refractivity contribution in [3.8, 4) is 11.5 Å². The Morgan fingerprint density at radius 3 is 2.75 bits per heavy atom. The van der Waals surface area contributed by atoms with E-state index >= 15 is 0 Å². The van der Waals surface area contributed by atoms with Gasteiger partial charge in [0.1, 0.15) is 0 Å². The second-order valence-corrected chi connectivity index (χ2v) is 5.15. The molecule has 0 saturated carbocycles. The van der Waals surface area contributed by atoms with E-state index in [2.05, 4.69) is 15.3 Å². The molecule has 0 unspecified atom stereocenters. The number of benzene rings is 1. The van der Waals surface area contributed by atoms with E-state index in [0.29, 0.717) is 22.9 Å². The summed E-state index contributed by atoms with van der Waals surface area (Å²) in [4.78, 5) is 32.0. The number of aryl methyl sites for hydroxylation is 1. The van der Waals surface area contributed by atoms with Gasteiger partial charge in [0.25, 0.3) is 5.91 Å². The minimum Gasteiger partial charge on any atom is -0.454 e. The van der Waals surface area contributed by atoms with E-state index < -0.39 is 18.0 Å². The number of amides is 1. The Morgan fingerprint density at radius 2 is 2.00 bits per heavy atom. The Morgan fingerprint density at radius 1 is 1.21 bits per heavy atom. The molecule has 2 heterocycles. The third kappa shape index (κ3) is 3.43. The number of esters is 1. The molecule has 2 aromatic rings. The number of hydrogen-bond donors (Lipinski definition) is 1. The van der Waals surface area contributed by atoms with Crippen molar-refractivity contribution < 1.29 is 23.8 Å². The number of hydrogen-bond acceptors (Lipinski definition) is 7. The molecule has 1 N–H and O–H groups in total. The Bertz CT molecular complexity index is 776. The normalized spacial score (nSPS) is 13.2. The number of nitrogens with one attached hydrogen (secondary N) is 1. The van der Waals surface area contributed by atoms with Crippen molar-refractivity contribution >= 4 is 17.6 Å². The third-order valence-corrected chi connectivity index (χ3v) is 3.28. The van der Waals surface area contributed by atoms with Crippen LogP contribution in [0.3, 0.4) is 0 Å². The number of nitrogens with zero attached hydrogens (tertiary/aromatic N) is 2. The highest BCUT2D eigenvalue weighted by molar-refractivity contribution is 5.97. The summed E-state index contributed by atoms with van der Waals surface area (Å²) < 4.78 is 15.5. The summed E-state index contributed by atoms with van der Waals surface area (Å²) in [5.41, 5.74) is 1.24. The Hall–Kier alpha value is -3.16. The predicted molar refractivity (Wildman–Crippen MR) is 82.8 cm³/mol. The monoisotopic (exact) mass is 329 g/mol. The molecule has 8 nitrogen and oxygen atoms in total. The topological polar surface area (TPSA) is 99.6 Å². The van der Waals surface area contributed by atoms with Crippen LogP contribution >= 0.6 is 0 Å². The SMILES string of the molecule is Cc1cnc(C(=O)O[C@@H](C)C(=O)Nc2ccc3c(c2)OCO3)cn1. The van der Waals surface area contributed by atoms with Crippen molar-refractivity contribution in [2.24, 2.45) is 0 Å². The molecule has 1 atom stereocenters. The molecule has 24 heavy (non-hydrogen) atoms. The van der Waals surface area contributed by atoms with Crippen LogP contribution < -0.4 is 14.8 Å². The minimum absolute atomic E-state index is 0.0447. The van der Waals surface area contributed by atoms with Crippen LogP contribution in [-0.4, -0.2) is 34.7 Å². The smallest absolute Gasteiger partial charge is 0.359 e. The lowest BCUT2D eigenvalue weighted by Crippen LogP contribution is -2.30. The summed E-state index contributed by atoms with van der Waals surface area (Å²) in [7, 11) is 0. The second kappa shape index (κ2) is 6.53. The molecule has 0 spiro atoms. The summed E-state index contributed by atoms with van der Waals surface area (Å²) in [6.45, 7) is 3.38. The molecule has 0 fully saturated rings. The molecule has 3 rings (SSSR count). The lowest BCUT2D eigenvalue weighted by atomic mass is 10.2. The van der Waals surface area contributed by atoms with Gasteiger partial charge in [-0.3, -0.25) is 9.78 Å². The first kappa shape index (κ1) is 15.7. The van der Waals surface area contributed by atoms with Crippen LogP contribution in [0.1, 0.15) is 23.1 Å². The van der Waals surface area contributed by atoms with Gasteiger partial charge in [0.15, 0.2) is 23.3 Å². The van der Waals surface area contributed by atoms with Crippen molar-refractivity contribution in [3.05, 3.63) is 42.0 Å². The van der Waals surface area contributed by atoms with E-state index in [0.717, 1.165) is 0 Å². The number of aromatic nitrogens is 2. The van der Waals surface area contributed by atoms with Gasteiger partial charge in [-0.25, -0.2) is 9.78 Å². The van der Waals surface area contributed by atoms with Crippen molar-refractivity contribution in [2.45, 2.75) is 20.0 Å². The third-order valence-electron chi connectivity index (χ3n) is 3.28. The largest absolute Gasteiger partial charge is 0.454 e. The standard InChI is InChI=1S/C16H15N3O5/c1-9-6-18-12(7-17-9)16(21)24-10(2)15(20)19-11-3-4-13-14(5-11)23-8-22-13/h3-7,10H,8H2,1-2H3,(H,19,20)/t10-/m0/s1. The maximum atomic E-state index is 12.1. The van der Waals surface area contributed by atoms with Crippen molar-refractivity contribution in [2.75, 3.05) is 12.1 Å². The van der Waals surface area contributed by atoms with Crippen molar-refractivity contribution in [1.82, 2.24) is 9.97 Å². The highest BCUT2D eigenvalue weighted by Crippen LogP contribution is 2.34. The van der Waals surface area contributed by atoms with Gasteiger partial charge in [0, 0.05) is 18.0 Å². The van der Waals surface area contributed by atoms with E-state index in [9.17, 15) is 9.59 Å². The lowest BCUT2D eigenvalue weighted by Gasteiger charge is -2.13. The van der Waals surface area contributed by atoms with Gasteiger partial charge in [-0.15, -0.1) is 0 Å². The number of anilines is 1. The van der Waals surface area contributed by atoms with E-state index in [1.165, 1.54) is 19.3 Å². The van der Waals surface area contributed by atoms with E-state index in [4.69, 9.17) is 14.2 Å². The van der Waals surface area contributed by atoms with Gasteiger partial charge >= 0.3 is 5.97 Å². The number of carbonyl (C=O) groups is 2. The second-order valence-electron chi connectivity index (χ2n) is 5.15. The zero-order valence-electron chi connectivity index (χ0n) is 13.1. The van der Waals surface area contributed by atoms with Gasteiger partial charge < -0.3 is 19.5 Å². The summed E-state index contributed by atoms with van der Waals surface area (Å²) >= 11 is 0. The Kier molecular flexibility index (Phi) is 4.28. The van der Waals surface area contributed by atoms with E-state index in [-0.39, 0.29) is 12.5 Å². The predicted octanol–water partition coefficient (Wildman–Crippen LogP) is 1.70. The molecule has 1 aromatic carbocycles. The molecule has 0 aliphatic carbocycles. The Labute approximate surface area is 137 Å². The average Bonchev–Trinajstić information content (AvgIpc) is 3.03. The molecule has 0 radical (unpaired) electrons. The molecule has 1 amide bonds. The quantitative estimate of drug-likeness (QED) is 0.852. The van der Waals surface area contributed by atoms with E-state index in [1.54, 1.807) is 25.1 Å². The number of fused-ring (bicyclic) bond motifs is 1. The minimum atomic E-state index is -0.994. The van der Waals surface area contributed by atoms with Gasteiger partial charge in [0.05, 0.1) is 11.9 Å². The molecular weight excluding hydrogens is 314 g/mol. The maximum absolute atomic E-state index is 12.1. The molecule has 0 saturated heterocycles. The van der Waals surface area contributed by atoms with Gasteiger partial charge in [-0.2, -0.15) is 0 Å². The highest BCUT2D eigenvalue weighted by Gasteiger charge is 2.21. The molecule has 0 bridgehead atoms. The zero-order valence-corrected chi connectivity index (χ0v) is 13.1. The number of rotatable bonds is 4. The summed E-state index contributed by atoms with van der Waals surface area (Å²) in [5.74, 6) is -0.0177.